The van der Waals surface area contributed by atoms with Crippen LogP contribution in [0.3, 0.4) is 0 Å². The van der Waals surface area contributed by atoms with Gasteiger partial charge in [0.2, 0.25) is 0 Å². The number of hydrogen-bond acceptors (Lipinski definition) is 1. The fraction of sp³-hybridized carbons (Fsp3) is 0.308. The van der Waals surface area contributed by atoms with Crippen molar-refractivity contribution in [2.75, 3.05) is 0 Å². The first-order valence-electron chi connectivity index (χ1n) is 4.93. The van der Waals surface area contributed by atoms with Crippen LogP contribution in [0.1, 0.15) is 22.4 Å². The summed E-state index contributed by atoms with van der Waals surface area (Å²) in [5, 5.41) is 2.70. The Morgan fingerprint density at radius 3 is 1.93 bits per heavy atom. The van der Waals surface area contributed by atoms with E-state index in [1.807, 2.05) is 6.20 Å². The number of aryl methyl sites for hydroxylation is 4. The molecule has 0 unspecified atom stereocenters. The van der Waals surface area contributed by atoms with Crippen LogP contribution in [-0.2, 0) is 0 Å². The van der Waals surface area contributed by atoms with Crippen molar-refractivity contribution < 1.29 is 0 Å². The number of pyridine rings is 1. The van der Waals surface area contributed by atoms with E-state index in [2.05, 4.69) is 44.8 Å². The third-order valence-electron chi connectivity index (χ3n) is 2.83. The molecular formula is C13H15N. The summed E-state index contributed by atoms with van der Waals surface area (Å²) >= 11 is 0. The predicted octanol–water partition coefficient (Wildman–Crippen LogP) is 3.47. The number of benzene rings is 1. The van der Waals surface area contributed by atoms with E-state index in [9.17, 15) is 0 Å². The second-order valence-electron chi connectivity index (χ2n) is 3.98. The van der Waals surface area contributed by atoms with E-state index in [0.29, 0.717) is 0 Å². The number of hydrogen-bond donors (Lipinski definition) is 0. The molecule has 1 aromatic carbocycles. The van der Waals surface area contributed by atoms with Gasteiger partial charge in [0.15, 0.2) is 0 Å². The summed E-state index contributed by atoms with van der Waals surface area (Å²) < 4.78 is 0. The average molecular weight is 185 g/mol. The molecule has 1 heterocycles. The Labute approximate surface area is 84.8 Å². The van der Waals surface area contributed by atoms with Crippen LogP contribution in [0.25, 0.3) is 10.8 Å². The van der Waals surface area contributed by atoms with Crippen LogP contribution in [0, 0.1) is 27.7 Å². The van der Waals surface area contributed by atoms with Crippen LogP contribution in [0.2, 0.25) is 0 Å². The van der Waals surface area contributed by atoms with Crippen molar-refractivity contribution in [2.45, 2.75) is 27.7 Å². The molecule has 1 nitrogen and oxygen atoms in total. The molecule has 0 aliphatic rings. The van der Waals surface area contributed by atoms with Crippen LogP contribution >= 0.6 is 0 Å². The average Bonchev–Trinajstić information content (AvgIpc) is 2.16. The minimum absolute atomic E-state index is 1.13. The normalized spacial score (nSPS) is 10.9. The molecule has 1 heteroatoms. The van der Waals surface area contributed by atoms with E-state index in [1.54, 1.807) is 0 Å². The Morgan fingerprint density at radius 2 is 1.36 bits per heavy atom. The number of fused-ring (bicyclic) bond motifs is 1. The van der Waals surface area contributed by atoms with E-state index in [4.69, 9.17) is 0 Å². The third kappa shape index (κ3) is 1.20. The molecule has 0 N–H and O–H groups in total. The van der Waals surface area contributed by atoms with Crippen molar-refractivity contribution in [3.63, 3.8) is 0 Å². The monoisotopic (exact) mass is 185 g/mol. The maximum atomic E-state index is 4.41. The molecule has 0 radical (unpaired) electrons. The van der Waals surface area contributed by atoms with Gasteiger partial charge in [0.25, 0.3) is 0 Å². The molecule has 72 valence electrons. The van der Waals surface area contributed by atoms with Gasteiger partial charge in [0, 0.05) is 17.3 Å². The number of nitrogens with zero attached hydrogens (tertiary/aromatic N) is 1. The van der Waals surface area contributed by atoms with Gasteiger partial charge in [-0.1, -0.05) is 12.1 Å². The van der Waals surface area contributed by atoms with Crippen molar-refractivity contribution in [2.24, 2.45) is 0 Å². The topological polar surface area (TPSA) is 12.9 Å². The molecule has 2 rings (SSSR count). The molecule has 0 saturated carbocycles. The summed E-state index contributed by atoms with van der Waals surface area (Å²) in [4.78, 5) is 4.41. The summed E-state index contributed by atoms with van der Waals surface area (Å²) in [5.74, 6) is 0. The molecule has 0 atom stereocenters. The van der Waals surface area contributed by atoms with E-state index in [0.717, 1.165) is 5.69 Å². The molecule has 0 bridgehead atoms. The second-order valence-corrected chi connectivity index (χ2v) is 3.98. The predicted molar refractivity (Wildman–Crippen MR) is 60.7 cm³/mol. The highest BCUT2D eigenvalue weighted by Crippen LogP contribution is 2.26. The van der Waals surface area contributed by atoms with Crippen molar-refractivity contribution in [3.05, 3.63) is 40.7 Å². The molecule has 0 aliphatic carbocycles. The van der Waals surface area contributed by atoms with Gasteiger partial charge in [0.05, 0.1) is 0 Å². The van der Waals surface area contributed by atoms with Crippen molar-refractivity contribution in [1.82, 2.24) is 4.98 Å². The highest BCUT2D eigenvalue weighted by atomic mass is 14.7. The van der Waals surface area contributed by atoms with E-state index < -0.39 is 0 Å². The van der Waals surface area contributed by atoms with Gasteiger partial charge in [-0.3, -0.25) is 4.98 Å². The second kappa shape index (κ2) is 3.09. The Kier molecular flexibility index (Phi) is 2.03. The minimum Gasteiger partial charge on any atom is -0.261 e. The van der Waals surface area contributed by atoms with Gasteiger partial charge >= 0.3 is 0 Å². The zero-order valence-corrected chi connectivity index (χ0v) is 9.18. The first-order chi connectivity index (χ1) is 6.61. The van der Waals surface area contributed by atoms with Crippen molar-refractivity contribution in [1.29, 1.82) is 0 Å². The zero-order chi connectivity index (χ0) is 10.3. The van der Waals surface area contributed by atoms with Gasteiger partial charge in [-0.2, -0.15) is 0 Å². The lowest BCUT2D eigenvalue weighted by Crippen LogP contribution is -1.92. The summed E-state index contributed by atoms with van der Waals surface area (Å²) in [6.45, 7) is 8.51. The first kappa shape index (κ1) is 9.20. The molecule has 2 aromatic rings. The van der Waals surface area contributed by atoms with Crippen molar-refractivity contribution >= 4 is 10.8 Å². The third-order valence-corrected chi connectivity index (χ3v) is 2.83. The summed E-state index contributed by atoms with van der Waals surface area (Å²) in [7, 11) is 0. The van der Waals surface area contributed by atoms with E-state index in [-0.39, 0.29) is 0 Å². The molecule has 0 saturated heterocycles. The van der Waals surface area contributed by atoms with Gasteiger partial charge in [-0.15, -0.1) is 0 Å². The van der Waals surface area contributed by atoms with Crippen LogP contribution in [0.4, 0.5) is 0 Å². The lowest BCUT2D eigenvalue weighted by molar-refractivity contribution is 1.20. The van der Waals surface area contributed by atoms with Crippen LogP contribution in [-0.4, -0.2) is 4.98 Å². The quantitative estimate of drug-likeness (QED) is 0.612. The SMILES string of the molecule is Cc1ccc(C)c2c(C)ncc(C)c12. The maximum absolute atomic E-state index is 4.41. The van der Waals surface area contributed by atoms with Gasteiger partial charge in [0.1, 0.15) is 0 Å². The standard InChI is InChI=1S/C13H15N/c1-8-5-6-9(2)13-11(4)14-7-10(3)12(8)13/h5-7H,1-4H3. The Bertz CT molecular complexity index is 409. The van der Waals surface area contributed by atoms with Gasteiger partial charge < -0.3 is 0 Å². The molecule has 14 heavy (non-hydrogen) atoms. The lowest BCUT2D eigenvalue weighted by Gasteiger charge is -2.10. The maximum Gasteiger partial charge on any atom is 0.0453 e. The summed E-state index contributed by atoms with van der Waals surface area (Å²) in [5.41, 5.74) is 5.06. The minimum atomic E-state index is 1.13. The molecular weight excluding hydrogens is 170 g/mol. The van der Waals surface area contributed by atoms with Gasteiger partial charge in [-0.25, -0.2) is 0 Å². The highest BCUT2D eigenvalue weighted by molar-refractivity contribution is 5.92. The first-order valence-corrected chi connectivity index (χ1v) is 4.93. The van der Waals surface area contributed by atoms with E-state index >= 15 is 0 Å². The van der Waals surface area contributed by atoms with Gasteiger partial charge in [-0.05, 0) is 49.8 Å². The Balaban J connectivity index is 3.05. The zero-order valence-electron chi connectivity index (χ0n) is 9.18. The van der Waals surface area contributed by atoms with E-state index in [1.165, 1.54) is 27.5 Å². The Hall–Kier alpha value is -1.37. The smallest absolute Gasteiger partial charge is 0.0453 e. The largest absolute Gasteiger partial charge is 0.261 e. The lowest BCUT2D eigenvalue weighted by atomic mass is 9.97. The summed E-state index contributed by atoms with van der Waals surface area (Å²) in [6.07, 6.45) is 1.96. The summed E-state index contributed by atoms with van der Waals surface area (Å²) in [6, 6.07) is 4.36. The molecule has 1 aromatic heterocycles. The fourth-order valence-electron chi connectivity index (χ4n) is 2.11. The fourth-order valence-corrected chi connectivity index (χ4v) is 2.11. The highest BCUT2D eigenvalue weighted by Gasteiger charge is 2.06. The van der Waals surface area contributed by atoms with Crippen LogP contribution in [0.15, 0.2) is 18.3 Å². The van der Waals surface area contributed by atoms with Crippen LogP contribution in [0.5, 0.6) is 0 Å². The van der Waals surface area contributed by atoms with Crippen LogP contribution < -0.4 is 0 Å². The molecule has 0 amide bonds. The molecule has 0 spiro atoms. The molecule has 0 aliphatic heterocycles. The number of aromatic nitrogens is 1. The Morgan fingerprint density at radius 1 is 0.786 bits per heavy atom. The van der Waals surface area contributed by atoms with Crippen molar-refractivity contribution in [3.8, 4) is 0 Å². The number of rotatable bonds is 0. The molecule has 0 fully saturated rings.